The Morgan fingerprint density at radius 3 is 2.56 bits per heavy atom. The second-order valence-electron chi connectivity index (χ2n) is 6.49. The van der Waals surface area contributed by atoms with E-state index in [0.717, 1.165) is 36.7 Å². The highest BCUT2D eigenvalue weighted by atomic mass is 16.5. The molecule has 0 atom stereocenters. The first-order valence-corrected chi connectivity index (χ1v) is 9.37. The van der Waals surface area contributed by atoms with Gasteiger partial charge in [0.15, 0.2) is 5.65 Å². The summed E-state index contributed by atoms with van der Waals surface area (Å²) >= 11 is 0. The van der Waals surface area contributed by atoms with Crippen molar-refractivity contribution in [3.8, 4) is 0 Å². The van der Waals surface area contributed by atoms with Gasteiger partial charge in [0, 0.05) is 20.3 Å². The number of nitrogen functional groups attached to an aromatic ring is 1. The minimum Gasteiger partial charge on any atom is -0.462 e. The molecular weight excluding hydrogens is 344 g/mol. The van der Waals surface area contributed by atoms with Crippen molar-refractivity contribution in [2.75, 3.05) is 26.1 Å². The number of para-hydroxylation sites is 2. The van der Waals surface area contributed by atoms with E-state index in [9.17, 15) is 4.79 Å². The molecule has 2 N–H and O–H groups in total. The fourth-order valence-corrected chi connectivity index (χ4v) is 3.10. The predicted octanol–water partition coefficient (Wildman–Crippen LogP) is 3.55. The summed E-state index contributed by atoms with van der Waals surface area (Å²) in [6.07, 6.45) is 3.68. The third-order valence-corrected chi connectivity index (χ3v) is 4.51. The molecule has 144 valence electrons. The molecule has 7 nitrogen and oxygen atoms in total. The molecule has 0 saturated carbocycles. The average molecular weight is 370 g/mol. The first-order valence-electron chi connectivity index (χ1n) is 9.37. The molecule has 0 aliphatic heterocycles. The number of hydrogen-bond acceptors (Lipinski definition) is 6. The van der Waals surface area contributed by atoms with Crippen LogP contribution in [0.5, 0.6) is 0 Å². The van der Waals surface area contributed by atoms with E-state index < -0.39 is 5.97 Å². The highest BCUT2D eigenvalue weighted by Gasteiger charge is 2.24. The smallest absolute Gasteiger partial charge is 0.344 e. The number of anilines is 1. The van der Waals surface area contributed by atoms with Crippen molar-refractivity contribution >= 4 is 34.0 Å². The number of benzene rings is 1. The molecule has 3 rings (SSSR count). The molecule has 0 aliphatic carbocycles. The van der Waals surface area contributed by atoms with Gasteiger partial charge in [-0.1, -0.05) is 31.9 Å². The van der Waals surface area contributed by atoms with E-state index in [0.29, 0.717) is 42.3 Å². The monoisotopic (exact) mass is 370 g/mol. The Morgan fingerprint density at radius 2 is 1.85 bits per heavy atom. The number of methoxy groups -OCH3 is 1. The van der Waals surface area contributed by atoms with Crippen LogP contribution in [0, 0.1) is 0 Å². The summed E-state index contributed by atoms with van der Waals surface area (Å²) < 4.78 is 12.4. The summed E-state index contributed by atoms with van der Waals surface area (Å²) in [7, 11) is 1.66. The molecule has 0 bridgehead atoms. The molecule has 27 heavy (non-hydrogen) atoms. The summed E-state index contributed by atoms with van der Waals surface area (Å²) in [5.74, 6) is -0.0967. The Hall–Kier alpha value is -2.67. The second kappa shape index (κ2) is 8.81. The first-order chi connectivity index (χ1) is 13.2. The summed E-state index contributed by atoms with van der Waals surface area (Å²) in [6.45, 7) is 3.67. The minimum atomic E-state index is -0.441. The van der Waals surface area contributed by atoms with E-state index in [1.807, 2.05) is 28.8 Å². The molecule has 0 saturated heterocycles. The lowest BCUT2D eigenvalue weighted by molar-refractivity contribution is 0.0501. The van der Waals surface area contributed by atoms with Gasteiger partial charge in [0.05, 0.1) is 17.6 Å². The van der Waals surface area contributed by atoms with E-state index in [2.05, 4.69) is 11.9 Å². The van der Waals surface area contributed by atoms with Gasteiger partial charge in [0.2, 0.25) is 0 Å². The molecule has 0 amide bonds. The highest BCUT2D eigenvalue weighted by Crippen LogP contribution is 2.28. The van der Waals surface area contributed by atoms with Crippen LogP contribution >= 0.6 is 0 Å². The minimum absolute atomic E-state index is 0.303. The van der Waals surface area contributed by atoms with Crippen LogP contribution in [0.1, 0.15) is 43.0 Å². The van der Waals surface area contributed by atoms with Crippen molar-refractivity contribution in [2.45, 2.75) is 39.2 Å². The van der Waals surface area contributed by atoms with E-state index >= 15 is 0 Å². The van der Waals surface area contributed by atoms with Crippen molar-refractivity contribution in [1.29, 1.82) is 0 Å². The lowest BCUT2D eigenvalue weighted by atomic mass is 10.2. The van der Waals surface area contributed by atoms with Crippen LogP contribution in [0.15, 0.2) is 24.3 Å². The summed E-state index contributed by atoms with van der Waals surface area (Å²) in [4.78, 5) is 22.1. The standard InChI is InChI=1S/C20H26N4O3/c1-3-4-7-13-27-20(25)16-17-19(24(18(16)21)11-8-12-26-2)23-15-10-6-5-9-14(15)22-17/h5-6,9-10H,3-4,7-8,11-13,21H2,1-2H3. The molecular formula is C20H26N4O3. The number of hydrogen-bond donors (Lipinski definition) is 1. The Balaban J connectivity index is 2.03. The van der Waals surface area contributed by atoms with Crippen LogP contribution in [0.2, 0.25) is 0 Å². The first kappa shape index (κ1) is 19.1. The van der Waals surface area contributed by atoms with E-state index in [1.54, 1.807) is 7.11 Å². The van der Waals surface area contributed by atoms with Crippen LogP contribution < -0.4 is 5.73 Å². The van der Waals surface area contributed by atoms with Crippen molar-refractivity contribution in [2.24, 2.45) is 0 Å². The van der Waals surface area contributed by atoms with E-state index in [1.165, 1.54) is 0 Å². The maximum atomic E-state index is 12.7. The number of carbonyl (C=O) groups excluding carboxylic acids is 1. The third kappa shape index (κ3) is 4.03. The van der Waals surface area contributed by atoms with E-state index in [4.69, 9.17) is 20.2 Å². The molecule has 2 aromatic heterocycles. The fourth-order valence-electron chi connectivity index (χ4n) is 3.10. The molecule has 0 aliphatic rings. The Labute approximate surface area is 158 Å². The summed E-state index contributed by atoms with van der Waals surface area (Å²) in [5.41, 5.74) is 9.21. The number of ether oxygens (including phenoxy) is 2. The second-order valence-corrected chi connectivity index (χ2v) is 6.49. The molecule has 2 heterocycles. The molecule has 7 heteroatoms. The van der Waals surface area contributed by atoms with Crippen LogP contribution in [-0.4, -0.2) is 40.8 Å². The van der Waals surface area contributed by atoms with Gasteiger partial charge in [0.25, 0.3) is 0 Å². The van der Waals surface area contributed by atoms with Gasteiger partial charge in [-0.3, -0.25) is 0 Å². The van der Waals surface area contributed by atoms with Crippen molar-refractivity contribution in [1.82, 2.24) is 14.5 Å². The lowest BCUT2D eigenvalue weighted by Gasteiger charge is -2.07. The van der Waals surface area contributed by atoms with Gasteiger partial charge in [-0.15, -0.1) is 0 Å². The number of carbonyl (C=O) groups is 1. The van der Waals surface area contributed by atoms with E-state index in [-0.39, 0.29) is 0 Å². The molecule has 1 aromatic carbocycles. The number of rotatable bonds is 9. The zero-order valence-electron chi connectivity index (χ0n) is 15.9. The highest BCUT2D eigenvalue weighted by molar-refractivity contribution is 6.08. The zero-order chi connectivity index (χ0) is 19.2. The predicted molar refractivity (Wildman–Crippen MR) is 106 cm³/mol. The number of aromatic nitrogens is 3. The van der Waals surface area contributed by atoms with Crippen molar-refractivity contribution in [3.05, 3.63) is 29.8 Å². The largest absolute Gasteiger partial charge is 0.462 e. The SMILES string of the molecule is CCCCCOC(=O)c1c(N)n(CCCOC)c2nc3ccccc3nc12. The van der Waals surface area contributed by atoms with Crippen molar-refractivity contribution in [3.63, 3.8) is 0 Å². The van der Waals surface area contributed by atoms with Crippen molar-refractivity contribution < 1.29 is 14.3 Å². The number of nitrogens with two attached hydrogens (primary N) is 1. The number of esters is 1. The molecule has 0 unspecified atom stereocenters. The maximum Gasteiger partial charge on any atom is 0.344 e. The van der Waals surface area contributed by atoms with Gasteiger partial charge in [0.1, 0.15) is 16.9 Å². The van der Waals surface area contributed by atoms with Crippen LogP contribution in [-0.2, 0) is 16.0 Å². The zero-order valence-corrected chi connectivity index (χ0v) is 15.9. The van der Waals surface area contributed by atoms with Gasteiger partial charge in [-0.2, -0.15) is 0 Å². The molecule has 3 aromatic rings. The lowest BCUT2D eigenvalue weighted by Crippen LogP contribution is -2.11. The number of aryl methyl sites for hydroxylation is 1. The Kier molecular flexibility index (Phi) is 6.24. The molecule has 0 radical (unpaired) electrons. The number of unbranched alkanes of at least 4 members (excludes halogenated alkanes) is 2. The number of nitrogens with zero attached hydrogens (tertiary/aromatic N) is 3. The third-order valence-electron chi connectivity index (χ3n) is 4.51. The quantitative estimate of drug-likeness (QED) is 0.457. The van der Waals surface area contributed by atoms with Crippen LogP contribution in [0.25, 0.3) is 22.2 Å². The van der Waals surface area contributed by atoms with Gasteiger partial charge in [-0.25, -0.2) is 14.8 Å². The van der Waals surface area contributed by atoms with Gasteiger partial charge >= 0.3 is 5.97 Å². The van der Waals surface area contributed by atoms with Crippen LogP contribution in [0.3, 0.4) is 0 Å². The van der Waals surface area contributed by atoms with Crippen LogP contribution in [0.4, 0.5) is 5.82 Å². The molecule has 0 fully saturated rings. The summed E-state index contributed by atoms with van der Waals surface area (Å²) in [6, 6.07) is 7.57. The normalized spacial score (nSPS) is 11.3. The average Bonchev–Trinajstić information content (AvgIpc) is 2.94. The maximum absolute atomic E-state index is 12.7. The van der Waals surface area contributed by atoms with Gasteiger partial charge < -0.3 is 19.8 Å². The summed E-state index contributed by atoms with van der Waals surface area (Å²) in [5, 5.41) is 0. The number of fused-ring (bicyclic) bond motifs is 2. The Bertz CT molecular complexity index is 936. The molecule has 0 spiro atoms. The topological polar surface area (TPSA) is 92.3 Å². The Morgan fingerprint density at radius 1 is 1.11 bits per heavy atom. The fraction of sp³-hybridized carbons (Fsp3) is 0.450. The van der Waals surface area contributed by atoms with Gasteiger partial charge in [-0.05, 0) is 25.0 Å².